The van der Waals surface area contributed by atoms with Crippen molar-refractivity contribution in [2.45, 2.75) is 19.8 Å². The molecule has 6 nitrogen and oxygen atoms in total. The minimum atomic E-state index is 0.207. The summed E-state index contributed by atoms with van der Waals surface area (Å²) in [5, 5.41) is 6.44. The first-order valence-corrected chi connectivity index (χ1v) is 6.53. The molecule has 1 aromatic heterocycles. The minimum Gasteiger partial charge on any atom is -0.354 e. The summed E-state index contributed by atoms with van der Waals surface area (Å²) in [4.78, 5) is 14.4. The molecule has 0 radical (unpaired) electrons. The van der Waals surface area contributed by atoms with E-state index in [0.29, 0.717) is 11.9 Å². The molecular weight excluding hydrogens is 252 g/mol. The van der Waals surface area contributed by atoms with Gasteiger partial charge in [-0.05, 0) is 45.1 Å². The molecule has 0 atom stereocenters. The summed E-state index contributed by atoms with van der Waals surface area (Å²) in [7, 11) is 4.10. The molecule has 102 valence electrons. The molecule has 0 bridgehead atoms. The van der Waals surface area contributed by atoms with Gasteiger partial charge in [-0.1, -0.05) is 6.92 Å². The molecule has 0 saturated heterocycles. The minimum absolute atomic E-state index is 0.207. The van der Waals surface area contributed by atoms with Gasteiger partial charge in [0.15, 0.2) is 0 Å². The molecule has 0 aliphatic carbocycles. The fourth-order valence-corrected chi connectivity index (χ4v) is 1.50. The molecule has 0 unspecified atom stereocenters. The van der Waals surface area contributed by atoms with Crippen LogP contribution in [0.25, 0.3) is 0 Å². The van der Waals surface area contributed by atoms with Crippen molar-refractivity contribution >= 4 is 23.5 Å². The summed E-state index contributed by atoms with van der Waals surface area (Å²) in [6, 6.07) is 0. The van der Waals surface area contributed by atoms with Gasteiger partial charge < -0.3 is 15.5 Å². The van der Waals surface area contributed by atoms with E-state index in [1.807, 2.05) is 14.1 Å². The largest absolute Gasteiger partial charge is 0.354 e. The van der Waals surface area contributed by atoms with E-state index in [2.05, 4.69) is 37.4 Å². The van der Waals surface area contributed by atoms with Gasteiger partial charge in [0.2, 0.25) is 17.2 Å². The van der Waals surface area contributed by atoms with E-state index in [-0.39, 0.29) is 5.28 Å². The Bertz CT molecular complexity index is 357. The molecule has 0 spiro atoms. The quantitative estimate of drug-likeness (QED) is 0.703. The summed E-state index contributed by atoms with van der Waals surface area (Å²) in [5.74, 6) is 1.04. The van der Waals surface area contributed by atoms with Crippen LogP contribution >= 0.6 is 11.6 Å². The van der Waals surface area contributed by atoms with E-state index in [1.54, 1.807) is 0 Å². The topological polar surface area (TPSA) is 66.0 Å². The second-order valence-corrected chi connectivity index (χ2v) is 4.60. The van der Waals surface area contributed by atoms with Gasteiger partial charge in [0.1, 0.15) is 0 Å². The third-order valence-corrected chi connectivity index (χ3v) is 2.38. The number of halogens is 1. The molecule has 2 N–H and O–H groups in total. The number of nitrogens with one attached hydrogen (secondary N) is 2. The molecular formula is C11H21ClN6. The van der Waals surface area contributed by atoms with Gasteiger partial charge in [-0.3, -0.25) is 0 Å². The molecule has 0 aliphatic rings. The highest BCUT2D eigenvalue weighted by atomic mass is 35.5. The zero-order valence-electron chi connectivity index (χ0n) is 11.2. The summed E-state index contributed by atoms with van der Waals surface area (Å²) >= 11 is 5.84. The molecule has 7 heteroatoms. The predicted molar refractivity (Wildman–Crippen MR) is 75.3 cm³/mol. The standard InChI is InChI=1S/C11H21ClN6/c1-4-6-13-10-15-9(12)16-11(17-10)14-7-5-8-18(2)3/h4-8H2,1-3H3,(H2,13,14,15,16,17). The van der Waals surface area contributed by atoms with E-state index in [4.69, 9.17) is 11.6 Å². The van der Waals surface area contributed by atoms with Crippen molar-refractivity contribution in [2.24, 2.45) is 0 Å². The Kier molecular flexibility index (Phi) is 6.67. The maximum Gasteiger partial charge on any atom is 0.228 e. The molecule has 1 heterocycles. The SMILES string of the molecule is CCCNc1nc(Cl)nc(NCCCN(C)C)n1. The monoisotopic (exact) mass is 272 g/mol. The van der Waals surface area contributed by atoms with Crippen LogP contribution in [0.15, 0.2) is 0 Å². The normalized spacial score (nSPS) is 10.7. The van der Waals surface area contributed by atoms with Crippen LogP contribution in [0.2, 0.25) is 5.28 Å². The summed E-state index contributed by atoms with van der Waals surface area (Å²) in [5.41, 5.74) is 0. The lowest BCUT2D eigenvalue weighted by Crippen LogP contribution is -2.17. The predicted octanol–water partition coefficient (Wildman–Crippen LogP) is 1.71. The molecule has 0 fully saturated rings. The highest BCUT2D eigenvalue weighted by molar-refractivity contribution is 6.28. The Labute approximate surface area is 113 Å². The number of hydrogen-bond acceptors (Lipinski definition) is 6. The van der Waals surface area contributed by atoms with Crippen molar-refractivity contribution in [2.75, 3.05) is 44.4 Å². The summed E-state index contributed by atoms with van der Waals surface area (Å²) in [6.07, 6.45) is 2.03. The van der Waals surface area contributed by atoms with Gasteiger partial charge >= 0.3 is 0 Å². The first kappa shape index (κ1) is 14.9. The number of rotatable bonds is 8. The van der Waals surface area contributed by atoms with Gasteiger partial charge in [-0.15, -0.1) is 0 Å². The fraction of sp³-hybridized carbons (Fsp3) is 0.727. The van der Waals surface area contributed by atoms with Crippen molar-refractivity contribution in [1.82, 2.24) is 19.9 Å². The summed E-state index contributed by atoms with van der Waals surface area (Å²) < 4.78 is 0. The smallest absolute Gasteiger partial charge is 0.228 e. The fourth-order valence-electron chi connectivity index (χ4n) is 1.34. The van der Waals surface area contributed by atoms with E-state index in [0.717, 1.165) is 32.5 Å². The van der Waals surface area contributed by atoms with Crippen molar-refractivity contribution in [3.05, 3.63) is 5.28 Å². The lowest BCUT2D eigenvalue weighted by atomic mass is 10.4. The zero-order valence-corrected chi connectivity index (χ0v) is 12.0. The van der Waals surface area contributed by atoms with Crippen molar-refractivity contribution < 1.29 is 0 Å². The van der Waals surface area contributed by atoms with Gasteiger partial charge in [0, 0.05) is 13.1 Å². The molecule has 18 heavy (non-hydrogen) atoms. The van der Waals surface area contributed by atoms with Crippen LogP contribution in [0.3, 0.4) is 0 Å². The van der Waals surface area contributed by atoms with Crippen LogP contribution in [0, 0.1) is 0 Å². The Morgan fingerprint density at radius 2 is 1.67 bits per heavy atom. The van der Waals surface area contributed by atoms with Gasteiger partial charge in [0.25, 0.3) is 0 Å². The third-order valence-electron chi connectivity index (χ3n) is 2.21. The van der Waals surface area contributed by atoms with Gasteiger partial charge in [-0.25, -0.2) is 0 Å². The van der Waals surface area contributed by atoms with E-state index in [9.17, 15) is 0 Å². The Morgan fingerprint density at radius 3 is 2.22 bits per heavy atom. The average molecular weight is 273 g/mol. The van der Waals surface area contributed by atoms with E-state index < -0.39 is 0 Å². The first-order valence-electron chi connectivity index (χ1n) is 6.16. The molecule has 1 rings (SSSR count). The molecule has 1 aromatic rings. The molecule has 0 amide bonds. The van der Waals surface area contributed by atoms with Crippen LogP contribution in [0.5, 0.6) is 0 Å². The second kappa shape index (κ2) is 8.05. The number of aromatic nitrogens is 3. The van der Waals surface area contributed by atoms with Crippen LogP contribution in [0.4, 0.5) is 11.9 Å². The van der Waals surface area contributed by atoms with Crippen molar-refractivity contribution in [3.63, 3.8) is 0 Å². The Balaban J connectivity index is 2.46. The highest BCUT2D eigenvalue weighted by Crippen LogP contribution is 2.09. The molecule has 0 aliphatic heterocycles. The van der Waals surface area contributed by atoms with Crippen molar-refractivity contribution in [3.8, 4) is 0 Å². The number of hydrogen-bond donors (Lipinski definition) is 2. The van der Waals surface area contributed by atoms with Gasteiger partial charge in [0.05, 0.1) is 0 Å². The average Bonchev–Trinajstić information content (AvgIpc) is 2.31. The van der Waals surface area contributed by atoms with Gasteiger partial charge in [-0.2, -0.15) is 15.0 Å². The third kappa shape index (κ3) is 5.97. The van der Waals surface area contributed by atoms with E-state index >= 15 is 0 Å². The van der Waals surface area contributed by atoms with Crippen LogP contribution in [-0.2, 0) is 0 Å². The van der Waals surface area contributed by atoms with Crippen molar-refractivity contribution in [1.29, 1.82) is 0 Å². The number of anilines is 2. The zero-order chi connectivity index (χ0) is 13.4. The second-order valence-electron chi connectivity index (χ2n) is 4.26. The number of nitrogens with zero attached hydrogens (tertiary/aromatic N) is 4. The summed E-state index contributed by atoms with van der Waals surface area (Å²) in [6.45, 7) is 4.73. The maximum absolute atomic E-state index is 5.84. The Morgan fingerprint density at radius 1 is 1.06 bits per heavy atom. The van der Waals surface area contributed by atoms with Crippen LogP contribution < -0.4 is 10.6 Å². The van der Waals surface area contributed by atoms with E-state index in [1.165, 1.54) is 0 Å². The lowest BCUT2D eigenvalue weighted by Gasteiger charge is -2.10. The van der Waals surface area contributed by atoms with Crippen LogP contribution in [-0.4, -0.2) is 53.6 Å². The highest BCUT2D eigenvalue weighted by Gasteiger charge is 2.03. The molecule has 0 saturated carbocycles. The Hall–Kier alpha value is -1.14. The first-order chi connectivity index (χ1) is 8.61. The molecule has 0 aromatic carbocycles. The lowest BCUT2D eigenvalue weighted by molar-refractivity contribution is 0.405. The maximum atomic E-state index is 5.84. The van der Waals surface area contributed by atoms with Crippen LogP contribution in [0.1, 0.15) is 19.8 Å².